The van der Waals surface area contributed by atoms with Crippen LogP contribution in [0.3, 0.4) is 0 Å². The van der Waals surface area contributed by atoms with Crippen LogP contribution in [0.1, 0.15) is 31.2 Å². The second-order valence-electron chi connectivity index (χ2n) is 5.41. The summed E-state index contributed by atoms with van der Waals surface area (Å²) in [6, 6.07) is 4.04. The van der Waals surface area contributed by atoms with Gasteiger partial charge in [0.25, 0.3) is 0 Å². The van der Waals surface area contributed by atoms with Gasteiger partial charge in [-0.05, 0) is 44.4 Å². The summed E-state index contributed by atoms with van der Waals surface area (Å²) < 4.78 is 27.6. The van der Waals surface area contributed by atoms with E-state index in [1.807, 2.05) is 0 Å². The molecule has 0 aromatic heterocycles. The topological polar surface area (TPSA) is 23.5 Å². The van der Waals surface area contributed by atoms with Crippen molar-refractivity contribution < 1.29 is 13.9 Å². The van der Waals surface area contributed by atoms with Crippen LogP contribution in [0.4, 0.5) is 8.78 Å². The minimum absolute atomic E-state index is 0.142. The molecule has 0 spiro atoms. The largest absolute Gasteiger partial charge is 0.385 e. The Morgan fingerprint density at radius 1 is 1.22 bits per heavy atom. The number of hydrogen-bond acceptors (Lipinski definition) is 2. The quantitative estimate of drug-likeness (QED) is 0.830. The van der Waals surface area contributed by atoms with E-state index in [0.717, 1.165) is 25.9 Å². The van der Waals surface area contributed by atoms with Crippen molar-refractivity contribution in [2.45, 2.75) is 37.3 Å². The molecular formula is C14H17F2NO. The van der Waals surface area contributed by atoms with Gasteiger partial charge in [-0.15, -0.1) is 0 Å². The molecule has 2 heterocycles. The molecule has 18 heavy (non-hydrogen) atoms. The Bertz CT molecular complexity index is 445. The van der Waals surface area contributed by atoms with Crippen LogP contribution in [0.5, 0.6) is 0 Å². The first kappa shape index (κ1) is 12.1. The molecule has 1 aromatic carbocycles. The summed E-state index contributed by atoms with van der Waals surface area (Å²) in [7, 11) is 0. The van der Waals surface area contributed by atoms with E-state index in [4.69, 9.17) is 0 Å². The van der Waals surface area contributed by atoms with Crippen LogP contribution in [0.15, 0.2) is 18.2 Å². The molecule has 98 valence electrons. The van der Waals surface area contributed by atoms with Crippen LogP contribution in [0, 0.1) is 11.6 Å². The fourth-order valence-electron chi connectivity index (χ4n) is 3.41. The molecule has 2 nitrogen and oxygen atoms in total. The number of halogens is 2. The molecule has 0 radical (unpaired) electrons. The number of piperidine rings is 1. The molecule has 0 bridgehead atoms. The maximum atomic E-state index is 13.8. The van der Waals surface area contributed by atoms with Gasteiger partial charge in [0.15, 0.2) is 0 Å². The Kier molecular flexibility index (Phi) is 2.87. The molecule has 0 aliphatic carbocycles. The number of aliphatic hydroxyl groups is 1. The summed E-state index contributed by atoms with van der Waals surface area (Å²) in [5, 5.41) is 10.6. The SMILES string of the molecule is OC1(c2c(F)cccc2F)CCN2CCCC2C1. The van der Waals surface area contributed by atoms with E-state index in [-0.39, 0.29) is 11.6 Å². The zero-order valence-corrected chi connectivity index (χ0v) is 10.2. The first-order valence-electron chi connectivity index (χ1n) is 6.51. The lowest BCUT2D eigenvalue weighted by atomic mass is 9.80. The van der Waals surface area contributed by atoms with Crippen molar-refractivity contribution >= 4 is 0 Å². The minimum atomic E-state index is -1.35. The highest BCUT2D eigenvalue weighted by atomic mass is 19.1. The van der Waals surface area contributed by atoms with Crippen LogP contribution in [-0.4, -0.2) is 29.1 Å². The molecule has 2 unspecified atom stereocenters. The highest BCUT2D eigenvalue weighted by Crippen LogP contribution is 2.41. The van der Waals surface area contributed by atoms with Gasteiger partial charge in [-0.3, -0.25) is 0 Å². The maximum Gasteiger partial charge on any atom is 0.132 e. The van der Waals surface area contributed by atoms with E-state index in [0.29, 0.717) is 12.8 Å². The summed E-state index contributed by atoms with van der Waals surface area (Å²) in [6.07, 6.45) is 2.96. The van der Waals surface area contributed by atoms with Gasteiger partial charge in [-0.2, -0.15) is 0 Å². The predicted molar refractivity (Wildman–Crippen MR) is 64.1 cm³/mol. The minimum Gasteiger partial charge on any atom is -0.385 e. The highest BCUT2D eigenvalue weighted by Gasteiger charge is 2.43. The third-order valence-corrected chi connectivity index (χ3v) is 4.31. The molecule has 4 heteroatoms. The monoisotopic (exact) mass is 253 g/mol. The summed E-state index contributed by atoms with van der Waals surface area (Å²) >= 11 is 0. The molecule has 2 aliphatic heterocycles. The number of fused-ring (bicyclic) bond motifs is 1. The molecule has 2 fully saturated rings. The first-order chi connectivity index (χ1) is 8.60. The molecule has 0 amide bonds. The smallest absolute Gasteiger partial charge is 0.132 e. The number of rotatable bonds is 1. The zero-order chi connectivity index (χ0) is 12.8. The molecule has 2 aliphatic rings. The second kappa shape index (κ2) is 4.28. The molecule has 2 saturated heterocycles. The van der Waals surface area contributed by atoms with Gasteiger partial charge in [0.2, 0.25) is 0 Å². The Morgan fingerprint density at radius 2 is 1.94 bits per heavy atom. The van der Waals surface area contributed by atoms with Crippen molar-refractivity contribution in [1.29, 1.82) is 0 Å². The van der Waals surface area contributed by atoms with Crippen molar-refractivity contribution in [2.24, 2.45) is 0 Å². The lowest BCUT2D eigenvalue weighted by molar-refractivity contribution is -0.0457. The Balaban J connectivity index is 1.95. The van der Waals surface area contributed by atoms with Gasteiger partial charge >= 0.3 is 0 Å². The molecule has 1 aromatic rings. The highest BCUT2D eigenvalue weighted by molar-refractivity contribution is 5.27. The predicted octanol–water partition coefficient (Wildman–Crippen LogP) is 2.41. The van der Waals surface area contributed by atoms with E-state index in [2.05, 4.69) is 4.90 Å². The summed E-state index contributed by atoms with van der Waals surface area (Å²) in [5.74, 6) is -1.27. The fraction of sp³-hybridized carbons (Fsp3) is 0.571. The van der Waals surface area contributed by atoms with Gasteiger partial charge in [0.05, 0.1) is 11.2 Å². The molecule has 1 N–H and O–H groups in total. The van der Waals surface area contributed by atoms with Crippen LogP contribution < -0.4 is 0 Å². The lowest BCUT2D eigenvalue weighted by Gasteiger charge is -2.41. The molecule has 0 saturated carbocycles. The standard InChI is InChI=1S/C14H17F2NO/c15-11-4-1-5-12(16)13(11)14(18)6-8-17-7-2-3-10(17)9-14/h1,4-5,10,18H,2-3,6-9H2. The number of nitrogens with zero attached hydrogens (tertiary/aromatic N) is 1. The fourth-order valence-corrected chi connectivity index (χ4v) is 3.41. The van der Waals surface area contributed by atoms with E-state index < -0.39 is 17.2 Å². The van der Waals surface area contributed by atoms with Gasteiger partial charge in [0, 0.05) is 12.6 Å². The van der Waals surface area contributed by atoms with Crippen LogP contribution in [-0.2, 0) is 5.60 Å². The maximum absolute atomic E-state index is 13.8. The van der Waals surface area contributed by atoms with Crippen LogP contribution >= 0.6 is 0 Å². The van der Waals surface area contributed by atoms with E-state index in [9.17, 15) is 13.9 Å². The molecular weight excluding hydrogens is 236 g/mol. The average molecular weight is 253 g/mol. The summed E-state index contributed by atoms with van der Waals surface area (Å²) in [5.41, 5.74) is -1.49. The van der Waals surface area contributed by atoms with Gasteiger partial charge in [0.1, 0.15) is 11.6 Å². The van der Waals surface area contributed by atoms with Gasteiger partial charge in [-0.1, -0.05) is 6.07 Å². The first-order valence-corrected chi connectivity index (χ1v) is 6.51. The van der Waals surface area contributed by atoms with E-state index >= 15 is 0 Å². The normalized spacial score (nSPS) is 32.5. The van der Waals surface area contributed by atoms with Crippen LogP contribution in [0.2, 0.25) is 0 Å². The zero-order valence-electron chi connectivity index (χ0n) is 10.2. The van der Waals surface area contributed by atoms with Gasteiger partial charge in [-0.25, -0.2) is 8.78 Å². The Labute approximate surface area is 105 Å². The number of hydrogen-bond donors (Lipinski definition) is 1. The van der Waals surface area contributed by atoms with Crippen molar-refractivity contribution in [2.75, 3.05) is 13.1 Å². The van der Waals surface area contributed by atoms with E-state index in [1.54, 1.807) is 0 Å². The summed E-state index contributed by atoms with van der Waals surface area (Å²) in [4.78, 5) is 2.31. The van der Waals surface area contributed by atoms with Gasteiger partial charge < -0.3 is 10.0 Å². The lowest BCUT2D eigenvalue weighted by Crippen LogP contribution is -2.46. The Hall–Kier alpha value is -1.00. The van der Waals surface area contributed by atoms with Crippen molar-refractivity contribution in [3.63, 3.8) is 0 Å². The summed E-state index contributed by atoms with van der Waals surface area (Å²) in [6.45, 7) is 1.76. The Morgan fingerprint density at radius 3 is 2.67 bits per heavy atom. The third-order valence-electron chi connectivity index (χ3n) is 4.31. The van der Waals surface area contributed by atoms with Crippen molar-refractivity contribution in [3.05, 3.63) is 35.4 Å². The van der Waals surface area contributed by atoms with Crippen molar-refractivity contribution in [1.82, 2.24) is 4.90 Å². The van der Waals surface area contributed by atoms with Crippen LogP contribution in [0.25, 0.3) is 0 Å². The van der Waals surface area contributed by atoms with E-state index in [1.165, 1.54) is 18.2 Å². The average Bonchev–Trinajstić information content (AvgIpc) is 2.75. The van der Waals surface area contributed by atoms with Crippen molar-refractivity contribution in [3.8, 4) is 0 Å². The third kappa shape index (κ3) is 1.84. The molecule has 2 atom stereocenters. The second-order valence-corrected chi connectivity index (χ2v) is 5.41. The molecule has 3 rings (SSSR count). The number of benzene rings is 1.